The number of carbonyl (C=O) groups is 3. The van der Waals surface area contributed by atoms with Crippen LogP contribution in [-0.2, 0) is 0 Å². The number of hydrogen-bond donors (Lipinski definition) is 2. The quantitative estimate of drug-likeness (QED) is 0.528. The van der Waals surface area contributed by atoms with E-state index in [-0.39, 0.29) is 33.3 Å². The van der Waals surface area contributed by atoms with Crippen molar-refractivity contribution in [1.29, 1.82) is 0 Å². The molecule has 0 aliphatic heterocycles. The number of hydrogen-bond acceptors (Lipinski definition) is 5. The molecule has 3 N–H and O–H groups in total. The van der Waals surface area contributed by atoms with E-state index in [0.29, 0.717) is 11.4 Å². The van der Waals surface area contributed by atoms with Gasteiger partial charge in [-0.05, 0) is 60.7 Å². The molecule has 0 saturated heterocycles. The van der Waals surface area contributed by atoms with E-state index < -0.39 is 17.7 Å². The first-order valence-electron chi connectivity index (χ1n) is 9.33. The lowest BCUT2D eigenvalue weighted by molar-refractivity contribution is 0.0838. The number of ketones is 1. The molecule has 3 aromatic carbocycles. The maximum absolute atomic E-state index is 13.2. The van der Waals surface area contributed by atoms with E-state index in [1.165, 1.54) is 50.6 Å². The third kappa shape index (κ3) is 4.87. The Labute approximate surface area is 188 Å². The summed E-state index contributed by atoms with van der Waals surface area (Å²) in [6.45, 7) is 0. The van der Waals surface area contributed by atoms with Gasteiger partial charge in [0.05, 0.1) is 17.7 Å². The van der Waals surface area contributed by atoms with Gasteiger partial charge < -0.3 is 15.8 Å². The molecule has 0 aromatic heterocycles. The van der Waals surface area contributed by atoms with Crippen molar-refractivity contribution in [2.75, 3.05) is 19.5 Å². The number of nitrogens with zero attached hydrogens (tertiary/aromatic N) is 1. The molecule has 3 amide bonds. The predicted octanol–water partition coefficient (Wildman–Crippen LogP) is 4.61. The van der Waals surface area contributed by atoms with Crippen LogP contribution in [0.5, 0.6) is 5.75 Å². The Bertz CT molecular complexity index is 1200. The van der Waals surface area contributed by atoms with Gasteiger partial charge in [-0.15, -0.1) is 0 Å². The Hall–Kier alpha value is -3.91. The number of urea groups is 1. The van der Waals surface area contributed by atoms with E-state index in [9.17, 15) is 18.8 Å². The highest BCUT2D eigenvalue weighted by molar-refractivity contribution is 6.35. The van der Waals surface area contributed by atoms with E-state index in [1.54, 1.807) is 24.3 Å². The number of primary amides is 1. The minimum atomic E-state index is -0.925. The van der Waals surface area contributed by atoms with Crippen molar-refractivity contribution >= 4 is 40.7 Å². The van der Waals surface area contributed by atoms with Gasteiger partial charge in [0, 0.05) is 29.5 Å². The first-order valence-corrected chi connectivity index (χ1v) is 9.71. The van der Waals surface area contributed by atoms with Gasteiger partial charge in [0.25, 0.3) is 5.91 Å². The summed E-state index contributed by atoms with van der Waals surface area (Å²) in [7, 11) is 2.63. The molecule has 0 heterocycles. The van der Waals surface area contributed by atoms with Gasteiger partial charge in [-0.1, -0.05) is 11.6 Å². The fourth-order valence-corrected chi connectivity index (χ4v) is 3.20. The zero-order valence-electron chi connectivity index (χ0n) is 17.2. The van der Waals surface area contributed by atoms with Gasteiger partial charge in [-0.3, -0.25) is 14.5 Å². The summed E-state index contributed by atoms with van der Waals surface area (Å²) in [5.41, 5.74) is 6.75. The fraction of sp³-hybridized carbons (Fsp3) is 0.0870. The smallest absolute Gasteiger partial charge is 0.321 e. The number of amides is 3. The number of imide groups is 1. The highest BCUT2D eigenvalue weighted by Crippen LogP contribution is 2.29. The van der Waals surface area contributed by atoms with Crippen LogP contribution in [0.2, 0.25) is 5.02 Å². The van der Waals surface area contributed by atoms with Gasteiger partial charge in [0.15, 0.2) is 5.78 Å². The van der Waals surface area contributed by atoms with Gasteiger partial charge in [0.1, 0.15) is 11.6 Å². The molecule has 0 saturated carbocycles. The second-order valence-electron chi connectivity index (χ2n) is 6.77. The highest BCUT2D eigenvalue weighted by Gasteiger charge is 2.22. The highest BCUT2D eigenvalue weighted by atomic mass is 35.5. The molecule has 0 unspecified atom stereocenters. The first kappa shape index (κ1) is 22.8. The molecule has 0 aliphatic rings. The van der Waals surface area contributed by atoms with E-state index in [0.717, 1.165) is 4.90 Å². The Morgan fingerprint density at radius 3 is 2.22 bits per heavy atom. The predicted molar refractivity (Wildman–Crippen MR) is 119 cm³/mol. The molecule has 32 heavy (non-hydrogen) atoms. The largest absolute Gasteiger partial charge is 0.496 e. The summed E-state index contributed by atoms with van der Waals surface area (Å²) < 4.78 is 18.3. The molecule has 0 atom stereocenters. The van der Waals surface area contributed by atoms with E-state index >= 15 is 0 Å². The summed E-state index contributed by atoms with van der Waals surface area (Å²) in [6.07, 6.45) is 0. The molecule has 3 rings (SSSR count). The van der Waals surface area contributed by atoms with Crippen LogP contribution in [0.4, 0.5) is 20.6 Å². The molecule has 0 bridgehead atoms. The van der Waals surface area contributed by atoms with E-state index in [1.807, 2.05) is 0 Å². The standard InChI is InChI=1S/C23H19ClFN3O4/c1-28(23(26)31)22(30)13-3-10-20(32-2)18(11-13)21(29)17-9-8-16(12-19(17)24)27-15-6-4-14(25)5-7-15/h3-12,27H,1-2H3,(H2,26,31). The molecule has 7 nitrogen and oxygen atoms in total. The van der Waals surface area contributed by atoms with Crippen LogP contribution in [0.1, 0.15) is 26.3 Å². The number of anilines is 2. The first-order chi connectivity index (χ1) is 15.2. The number of methoxy groups -OCH3 is 1. The molecule has 0 aliphatic carbocycles. The van der Waals surface area contributed by atoms with Crippen molar-refractivity contribution < 1.29 is 23.5 Å². The molecule has 0 radical (unpaired) electrons. The number of benzene rings is 3. The Balaban J connectivity index is 1.92. The zero-order valence-corrected chi connectivity index (χ0v) is 17.9. The SMILES string of the molecule is COc1ccc(C(=O)N(C)C(N)=O)cc1C(=O)c1ccc(Nc2ccc(F)cc2)cc1Cl. The van der Waals surface area contributed by atoms with Crippen LogP contribution >= 0.6 is 11.6 Å². The Kier molecular flexibility index (Phi) is 6.75. The number of nitrogens with one attached hydrogen (secondary N) is 1. The van der Waals surface area contributed by atoms with Crippen molar-refractivity contribution in [1.82, 2.24) is 4.90 Å². The molecule has 0 fully saturated rings. The average molecular weight is 456 g/mol. The second-order valence-corrected chi connectivity index (χ2v) is 7.18. The third-order valence-electron chi connectivity index (χ3n) is 4.67. The Morgan fingerprint density at radius 2 is 1.62 bits per heavy atom. The molecule has 0 spiro atoms. The van der Waals surface area contributed by atoms with Crippen molar-refractivity contribution in [2.45, 2.75) is 0 Å². The van der Waals surface area contributed by atoms with Gasteiger partial charge in [-0.2, -0.15) is 0 Å². The number of rotatable bonds is 6. The summed E-state index contributed by atoms with van der Waals surface area (Å²) in [5, 5.41) is 3.23. The van der Waals surface area contributed by atoms with Crippen molar-refractivity contribution in [3.05, 3.63) is 88.2 Å². The molecular formula is C23H19ClFN3O4. The Morgan fingerprint density at radius 1 is 0.969 bits per heavy atom. The number of carbonyl (C=O) groups excluding carboxylic acids is 3. The van der Waals surface area contributed by atoms with Crippen LogP contribution in [0.25, 0.3) is 0 Å². The normalized spacial score (nSPS) is 10.4. The van der Waals surface area contributed by atoms with Gasteiger partial charge >= 0.3 is 6.03 Å². The van der Waals surface area contributed by atoms with E-state index in [2.05, 4.69) is 5.32 Å². The van der Waals surface area contributed by atoms with Crippen molar-refractivity contribution in [2.24, 2.45) is 5.73 Å². The second kappa shape index (κ2) is 9.49. The minimum absolute atomic E-state index is 0.0844. The van der Waals surface area contributed by atoms with Crippen LogP contribution in [-0.4, -0.2) is 36.8 Å². The maximum atomic E-state index is 13.2. The van der Waals surface area contributed by atoms with Crippen LogP contribution in [0, 0.1) is 5.82 Å². The van der Waals surface area contributed by atoms with Crippen LogP contribution in [0.3, 0.4) is 0 Å². The molecule has 164 valence electrons. The van der Waals surface area contributed by atoms with Gasteiger partial charge in [0.2, 0.25) is 0 Å². The topological polar surface area (TPSA) is 102 Å². The summed E-state index contributed by atoms with van der Waals surface area (Å²) in [4.78, 5) is 37.6. The lowest BCUT2D eigenvalue weighted by Gasteiger charge is -2.15. The van der Waals surface area contributed by atoms with Gasteiger partial charge in [-0.25, -0.2) is 9.18 Å². The van der Waals surface area contributed by atoms with Crippen molar-refractivity contribution in [3.8, 4) is 5.75 Å². The summed E-state index contributed by atoms with van der Waals surface area (Å²) >= 11 is 6.36. The third-order valence-corrected chi connectivity index (χ3v) is 4.99. The van der Waals surface area contributed by atoms with E-state index in [4.69, 9.17) is 22.1 Å². The fourth-order valence-electron chi connectivity index (χ4n) is 2.93. The van der Waals surface area contributed by atoms with Crippen molar-refractivity contribution in [3.63, 3.8) is 0 Å². The summed E-state index contributed by atoms with van der Waals surface area (Å²) in [6, 6.07) is 13.8. The minimum Gasteiger partial charge on any atom is -0.496 e. The van der Waals surface area contributed by atoms with Crippen LogP contribution in [0.15, 0.2) is 60.7 Å². The lowest BCUT2D eigenvalue weighted by atomic mass is 9.99. The van der Waals surface area contributed by atoms with Crippen LogP contribution < -0.4 is 15.8 Å². The monoisotopic (exact) mass is 455 g/mol. The maximum Gasteiger partial charge on any atom is 0.321 e. The number of halogens is 2. The summed E-state index contributed by atoms with van der Waals surface area (Å²) in [5.74, 6) is -1.26. The number of nitrogens with two attached hydrogens (primary N) is 1. The molecular weight excluding hydrogens is 437 g/mol. The molecule has 3 aromatic rings. The average Bonchev–Trinajstić information content (AvgIpc) is 2.78. The molecule has 9 heteroatoms. The number of ether oxygens (including phenoxy) is 1. The lowest BCUT2D eigenvalue weighted by Crippen LogP contribution is -2.37. The zero-order chi connectivity index (χ0) is 23.4.